The first-order valence-corrected chi connectivity index (χ1v) is 10.4. The molecule has 0 atom stereocenters. The summed E-state index contributed by atoms with van der Waals surface area (Å²) in [7, 11) is 1.51. The van der Waals surface area contributed by atoms with E-state index in [1.54, 1.807) is 36.5 Å². The number of nitrogens with zero attached hydrogens (tertiary/aromatic N) is 3. The molecule has 3 aromatic rings. The molecule has 0 saturated heterocycles. The second kappa shape index (κ2) is 10.1. The number of benzene rings is 1. The number of ether oxygens (including phenoxy) is 2. The summed E-state index contributed by atoms with van der Waals surface area (Å²) in [6.45, 7) is 6.85. The van der Waals surface area contributed by atoms with Crippen molar-refractivity contribution >= 4 is 17.6 Å². The minimum absolute atomic E-state index is 0.00274. The monoisotopic (exact) mass is 446 g/mol. The summed E-state index contributed by atoms with van der Waals surface area (Å²) in [6, 6.07) is 14.5. The zero-order valence-electron chi connectivity index (χ0n) is 19.1. The highest BCUT2D eigenvalue weighted by Gasteiger charge is 2.18. The predicted octanol–water partition coefficient (Wildman–Crippen LogP) is 3.45. The van der Waals surface area contributed by atoms with E-state index in [1.807, 2.05) is 18.2 Å². The van der Waals surface area contributed by atoms with E-state index in [4.69, 9.17) is 9.47 Å². The lowest BCUT2D eigenvalue weighted by Gasteiger charge is -2.19. The van der Waals surface area contributed by atoms with E-state index in [0.717, 1.165) is 5.56 Å². The smallest absolute Gasteiger partial charge is 0.269 e. The van der Waals surface area contributed by atoms with Crippen molar-refractivity contribution in [2.45, 2.75) is 26.2 Å². The number of hydrogen-bond acceptors (Lipinski definition) is 6. The fourth-order valence-electron chi connectivity index (χ4n) is 3.07. The predicted molar refractivity (Wildman–Crippen MR) is 125 cm³/mol. The van der Waals surface area contributed by atoms with Gasteiger partial charge in [0.1, 0.15) is 28.6 Å². The van der Waals surface area contributed by atoms with Crippen LogP contribution in [-0.2, 0) is 14.9 Å². The SMILES string of the molecule is COCCNC(=O)/C(C#N)=C/c1c(Oc2ccc(C(C)(C)C)cc2)nc2ccccn2c1=O. The zero-order valence-corrected chi connectivity index (χ0v) is 19.1. The molecule has 8 nitrogen and oxygen atoms in total. The number of carbonyl (C=O) groups excluding carboxylic acids is 1. The molecule has 1 aromatic carbocycles. The molecule has 3 rings (SSSR count). The Morgan fingerprint density at radius 1 is 1.21 bits per heavy atom. The average Bonchev–Trinajstić information content (AvgIpc) is 2.79. The van der Waals surface area contributed by atoms with Crippen molar-refractivity contribution in [2.24, 2.45) is 0 Å². The quantitative estimate of drug-likeness (QED) is 0.339. The van der Waals surface area contributed by atoms with Gasteiger partial charge in [-0.25, -0.2) is 0 Å². The number of hydrogen-bond donors (Lipinski definition) is 1. The Morgan fingerprint density at radius 2 is 1.94 bits per heavy atom. The Hall–Kier alpha value is -3.96. The van der Waals surface area contributed by atoms with Crippen LogP contribution in [-0.4, -0.2) is 35.6 Å². The van der Waals surface area contributed by atoms with Crippen molar-refractivity contribution in [3.05, 3.63) is 75.7 Å². The molecule has 0 spiro atoms. The summed E-state index contributed by atoms with van der Waals surface area (Å²) < 4.78 is 12.2. The van der Waals surface area contributed by atoms with Gasteiger partial charge in [0.25, 0.3) is 11.5 Å². The molecule has 0 bridgehead atoms. The minimum atomic E-state index is -0.618. The molecule has 0 aliphatic heterocycles. The highest BCUT2D eigenvalue weighted by Crippen LogP contribution is 2.28. The molecule has 0 aliphatic carbocycles. The van der Waals surface area contributed by atoms with Crippen molar-refractivity contribution in [1.82, 2.24) is 14.7 Å². The largest absolute Gasteiger partial charge is 0.438 e. The standard InChI is InChI=1S/C25H26N4O4/c1-25(2,3)18-8-10-19(11-9-18)33-23-20(15-17(16-26)22(30)27-12-14-32-4)24(31)29-13-6-5-7-21(29)28-23/h5-11,13,15H,12,14H2,1-4H3,(H,27,30)/b17-15+. The number of pyridine rings is 1. The van der Waals surface area contributed by atoms with Crippen LogP contribution < -0.4 is 15.6 Å². The number of nitrogens with one attached hydrogen (secondary N) is 1. The Bertz CT molecular complexity index is 1280. The minimum Gasteiger partial charge on any atom is -0.438 e. The summed E-state index contributed by atoms with van der Waals surface area (Å²) in [5.74, 6) is -0.132. The summed E-state index contributed by atoms with van der Waals surface area (Å²) in [4.78, 5) is 30.1. The van der Waals surface area contributed by atoms with Crippen LogP contribution in [0.25, 0.3) is 11.7 Å². The van der Waals surface area contributed by atoms with Gasteiger partial charge in [-0.1, -0.05) is 39.0 Å². The van der Waals surface area contributed by atoms with Crippen LogP contribution in [0.1, 0.15) is 31.9 Å². The highest BCUT2D eigenvalue weighted by atomic mass is 16.5. The molecule has 2 aromatic heterocycles. The van der Waals surface area contributed by atoms with Crippen molar-refractivity contribution in [3.8, 4) is 17.7 Å². The molecular formula is C25H26N4O4. The molecule has 1 amide bonds. The van der Waals surface area contributed by atoms with Gasteiger partial charge in [0, 0.05) is 19.9 Å². The van der Waals surface area contributed by atoms with Crippen LogP contribution in [0.4, 0.5) is 0 Å². The first-order chi connectivity index (χ1) is 15.7. The lowest BCUT2D eigenvalue weighted by molar-refractivity contribution is -0.117. The molecule has 0 saturated carbocycles. The second-order valence-corrected chi connectivity index (χ2v) is 8.36. The molecule has 1 N–H and O–H groups in total. The van der Waals surface area contributed by atoms with Gasteiger partial charge >= 0.3 is 0 Å². The van der Waals surface area contributed by atoms with Crippen molar-refractivity contribution < 1.29 is 14.3 Å². The van der Waals surface area contributed by atoms with Crippen molar-refractivity contribution in [1.29, 1.82) is 5.26 Å². The van der Waals surface area contributed by atoms with Gasteiger partial charge in [-0.3, -0.25) is 14.0 Å². The first-order valence-electron chi connectivity index (χ1n) is 10.4. The Kier molecular flexibility index (Phi) is 7.26. The molecule has 0 unspecified atom stereocenters. The maximum Gasteiger partial charge on any atom is 0.269 e. The van der Waals surface area contributed by atoms with Gasteiger partial charge in [0.2, 0.25) is 5.88 Å². The molecular weight excluding hydrogens is 420 g/mol. The fraction of sp³-hybridized carbons (Fsp3) is 0.280. The molecule has 0 fully saturated rings. The lowest BCUT2D eigenvalue weighted by atomic mass is 9.87. The van der Waals surface area contributed by atoms with E-state index >= 15 is 0 Å². The fourth-order valence-corrected chi connectivity index (χ4v) is 3.07. The van der Waals surface area contributed by atoms with Crippen LogP contribution in [0.3, 0.4) is 0 Å². The Labute approximate surface area is 192 Å². The Balaban J connectivity index is 2.07. The maximum absolute atomic E-state index is 13.2. The topological polar surface area (TPSA) is 106 Å². The third-order valence-electron chi connectivity index (χ3n) is 4.91. The average molecular weight is 447 g/mol. The second-order valence-electron chi connectivity index (χ2n) is 8.36. The highest BCUT2D eigenvalue weighted by molar-refractivity contribution is 6.01. The molecule has 2 heterocycles. The van der Waals surface area contributed by atoms with E-state index in [1.165, 1.54) is 17.6 Å². The summed E-state index contributed by atoms with van der Waals surface area (Å²) in [6.07, 6.45) is 2.77. The number of amides is 1. The van der Waals surface area contributed by atoms with Gasteiger partial charge in [0.05, 0.1) is 6.61 Å². The van der Waals surface area contributed by atoms with E-state index in [9.17, 15) is 14.9 Å². The van der Waals surface area contributed by atoms with Crippen LogP contribution in [0.2, 0.25) is 0 Å². The lowest BCUT2D eigenvalue weighted by Crippen LogP contribution is -2.28. The number of carbonyl (C=O) groups is 1. The third kappa shape index (κ3) is 5.64. The van der Waals surface area contributed by atoms with Gasteiger partial charge < -0.3 is 14.8 Å². The number of nitriles is 1. The molecule has 170 valence electrons. The van der Waals surface area contributed by atoms with Crippen LogP contribution >= 0.6 is 0 Å². The summed E-state index contributed by atoms with van der Waals surface area (Å²) >= 11 is 0. The van der Waals surface area contributed by atoms with Crippen LogP contribution in [0, 0.1) is 11.3 Å². The van der Waals surface area contributed by atoms with Gasteiger partial charge in [-0.05, 0) is 41.3 Å². The molecule has 8 heteroatoms. The molecule has 0 aliphatic rings. The Morgan fingerprint density at radius 3 is 2.58 bits per heavy atom. The van der Waals surface area contributed by atoms with Crippen molar-refractivity contribution in [2.75, 3.05) is 20.3 Å². The number of methoxy groups -OCH3 is 1. The molecule has 33 heavy (non-hydrogen) atoms. The number of fused-ring (bicyclic) bond motifs is 1. The number of aromatic nitrogens is 2. The summed E-state index contributed by atoms with van der Waals surface area (Å²) in [5, 5.41) is 12.1. The van der Waals surface area contributed by atoms with Gasteiger partial charge in [-0.2, -0.15) is 10.2 Å². The maximum atomic E-state index is 13.2. The van der Waals surface area contributed by atoms with E-state index in [0.29, 0.717) is 18.0 Å². The van der Waals surface area contributed by atoms with Crippen molar-refractivity contribution in [3.63, 3.8) is 0 Å². The first kappa shape index (κ1) is 23.7. The van der Waals surface area contributed by atoms with Crippen LogP contribution in [0.15, 0.2) is 59.0 Å². The van der Waals surface area contributed by atoms with E-state index < -0.39 is 11.5 Å². The third-order valence-corrected chi connectivity index (χ3v) is 4.91. The summed E-state index contributed by atoms with van der Waals surface area (Å²) in [5.41, 5.74) is 0.778. The zero-order chi connectivity index (χ0) is 24.0. The normalized spacial score (nSPS) is 11.8. The van der Waals surface area contributed by atoms with Crippen LogP contribution in [0.5, 0.6) is 11.6 Å². The van der Waals surface area contributed by atoms with Gasteiger partial charge in [0.15, 0.2) is 0 Å². The molecule has 0 radical (unpaired) electrons. The van der Waals surface area contributed by atoms with E-state index in [-0.39, 0.29) is 29.0 Å². The van der Waals surface area contributed by atoms with E-state index in [2.05, 4.69) is 31.1 Å². The van der Waals surface area contributed by atoms with Gasteiger partial charge in [-0.15, -0.1) is 0 Å². The number of rotatable bonds is 7.